The summed E-state index contributed by atoms with van der Waals surface area (Å²) in [5, 5.41) is 3.27. The van der Waals surface area contributed by atoms with Gasteiger partial charge in [-0.25, -0.2) is 0 Å². The zero-order chi connectivity index (χ0) is 14.2. The van der Waals surface area contributed by atoms with Gasteiger partial charge in [-0.2, -0.15) is 0 Å². The summed E-state index contributed by atoms with van der Waals surface area (Å²) in [7, 11) is 0. The summed E-state index contributed by atoms with van der Waals surface area (Å²) in [5.41, 5.74) is 0.992. The van der Waals surface area contributed by atoms with Gasteiger partial charge in [0, 0.05) is 12.3 Å². The zero-order valence-corrected chi connectivity index (χ0v) is 11.6. The highest BCUT2D eigenvalue weighted by molar-refractivity contribution is 5.69. The van der Waals surface area contributed by atoms with Crippen LogP contribution in [-0.2, 0) is 20.9 Å². The van der Waals surface area contributed by atoms with Gasteiger partial charge in [0.05, 0.1) is 0 Å². The van der Waals surface area contributed by atoms with Crippen molar-refractivity contribution in [1.82, 2.24) is 5.32 Å². The Hall–Kier alpha value is -1.68. The molecule has 2 rings (SSSR count). The Morgan fingerprint density at radius 3 is 2.90 bits per heavy atom. The van der Waals surface area contributed by atoms with E-state index in [9.17, 15) is 9.59 Å². The van der Waals surface area contributed by atoms with Gasteiger partial charge in [-0.15, -0.1) is 0 Å². The van der Waals surface area contributed by atoms with Crippen molar-refractivity contribution in [1.29, 1.82) is 0 Å². The Morgan fingerprint density at radius 1 is 1.35 bits per heavy atom. The van der Waals surface area contributed by atoms with Crippen molar-refractivity contribution < 1.29 is 14.3 Å². The fourth-order valence-electron chi connectivity index (χ4n) is 2.55. The molecule has 0 aromatic heterocycles. The smallest absolute Gasteiger partial charge is 0.306 e. The molecule has 1 heterocycles. The highest BCUT2D eigenvalue weighted by Crippen LogP contribution is 2.22. The first-order valence-electron chi connectivity index (χ1n) is 7.15. The summed E-state index contributed by atoms with van der Waals surface area (Å²) < 4.78 is 5.24. The van der Waals surface area contributed by atoms with Gasteiger partial charge in [0.25, 0.3) is 0 Å². The molecule has 1 aliphatic heterocycles. The summed E-state index contributed by atoms with van der Waals surface area (Å²) in [6, 6.07) is 9.64. The molecule has 1 aromatic rings. The molecule has 0 bridgehead atoms. The van der Waals surface area contributed by atoms with Crippen LogP contribution < -0.4 is 5.32 Å². The molecule has 1 saturated heterocycles. The van der Waals surface area contributed by atoms with E-state index in [2.05, 4.69) is 5.32 Å². The van der Waals surface area contributed by atoms with Crippen molar-refractivity contribution in [3.05, 3.63) is 35.9 Å². The molecule has 0 radical (unpaired) electrons. The summed E-state index contributed by atoms with van der Waals surface area (Å²) in [6.07, 6.45) is 2.99. The fraction of sp³-hybridized carbons (Fsp3) is 0.500. The lowest BCUT2D eigenvalue weighted by atomic mass is 9.84. The van der Waals surface area contributed by atoms with E-state index in [4.69, 9.17) is 4.74 Å². The molecule has 1 aromatic carbocycles. The molecule has 0 saturated carbocycles. The Bertz CT molecular complexity index is 433. The van der Waals surface area contributed by atoms with Gasteiger partial charge in [-0.1, -0.05) is 30.3 Å². The monoisotopic (exact) mass is 275 g/mol. The highest BCUT2D eigenvalue weighted by atomic mass is 16.5. The predicted octanol–water partition coefficient (Wildman–Crippen LogP) is 1.93. The Balaban J connectivity index is 1.70. The average Bonchev–Trinajstić information content (AvgIpc) is 2.52. The van der Waals surface area contributed by atoms with Crippen LogP contribution in [-0.4, -0.2) is 25.3 Å². The number of carbonyl (C=O) groups excluding carboxylic acids is 2. The van der Waals surface area contributed by atoms with E-state index in [0.29, 0.717) is 19.4 Å². The molecule has 2 unspecified atom stereocenters. The third kappa shape index (κ3) is 4.46. The van der Waals surface area contributed by atoms with Crippen LogP contribution in [0.5, 0.6) is 0 Å². The molecule has 1 fully saturated rings. The molecule has 108 valence electrons. The van der Waals surface area contributed by atoms with Crippen molar-refractivity contribution in [3.8, 4) is 0 Å². The molecular weight excluding hydrogens is 254 g/mol. The van der Waals surface area contributed by atoms with Gasteiger partial charge in [0.2, 0.25) is 0 Å². The standard InChI is InChI=1S/C16H21NO3/c18-11-15-8-9-17-10-14(15)6-7-16(19)20-12-13-4-2-1-3-5-13/h1-5,11,14-15,17H,6-10,12H2. The molecule has 0 amide bonds. The normalized spacial score (nSPS) is 22.2. The minimum Gasteiger partial charge on any atom is -0.461 e. The van der Waals surface area contributed by atoms with Crippen molar-refractivity contribution in [2.45, 2.75) is 25.9 Å². The summed E-state index contributed by atoms with van der Waals surface area (Å²) in [4.78, 5) is 22.7. The van der Waals surface area contributed by atoms with Gasteiger partial charge in [-0.05, 0) is 37.4 Å². The van der Waals surface area contributed by atoms with Crippen molar-refractivity contribution in [2.75, 3.05) is 13.1 Å². The quantitative estimate of drug-likeness (QED) is 0.636. The van der Waals surface area contributed by atoms with E-state index < -0.39 is 0 Å². The maximum Gasteiger partial charge on any atom is 0.306 e. The van der Waals surface area contributed by atoms with Crippen molar-refractivity contribution in [3.63, 3.8) is 0 Å². The first-order valence-corrected chi connectivity index (χ1v) is 7.15. The van der Waals surface area contributed by atoms with E-state index in [1.807, 2.05) is 30.3 Å². The van der Waals surface area contributed by atoms with E-state index >= 15 is 0 Å². The molecule has 1 aliphatic rings. The van der Waals surface area contributed by atoms with E-state index in [1.54, 1.807) is 0 Å². The first-order chi connectivity index (χ1) is 9.79. The van der Waals surface area contributed by atoms with Crippen LogP contribution >= 0.6 is 0 Å². The second-order valence-corrected chi connectivity index (χ2v) is 5.24. The lowest BCUT2D eigenvalue weighted by molar-refractivity contribution is -0.145. The lowest BCUT2D eigenvalue weighted by Crippen LogP contribution is -2.37. The maximum absolute atomic E-state index is 11.7. The minimum atomic E-state index is -0.191. The van der Waals surface area contributed by atoms with E-state index in [0.717, 1.165) is 31.4 Å². The molecular formula is C16H21NO3. The SMILES string of the molecule is O=CC1CCNCC1CCC(=O)OCc1ccccc1. The van der Waals surface area contributed by atoms with Gasteiger partial charge in [0.15, 0.2) is 0 Å². The number of aldehydes is 1. The van der Waals surface area contributed by atoms with Crippen LogP contribution in [0.4, 0.5) is 0 Å². The fourth-order valence-corrected chi connectivity index (χ4v) is 2.55. The topological polar surface area (TPSA) is 55.4 Å². The molecule has 4 nitrogen and oxygen atoms in total. The van der Waals surface area contributed by atoms with E-state index in [1.165, 1.54) is 0 Å². The van der Waals surface area contributed by atoms with Crippen LogP contribution in [0.3, 0.4) is 0 Å². The Labute approximate surface area is 119 Å². The highest BCUT2D eigenvalue weighted by Gasteiger charge is 2.24. The second kappa shape index (κ2) is 7.80. The average molecular weight is 275 g/mol. The van der Waals surface area contributed by atoms with Crippen molar-refractivity contribution >= 4 is 12.3 Å². The zero-order valence-electron chi connectivity index (χ0n) is 11.6. The van der Waals surface area contributed by atoms with Gasteiger partial charge in [-0.3, -0.25) is 4.79 Å². The first kappa shape index (κ1) is 14.7. The van der Waals surface area contributed by atoms with Gasteiger partial charge < -0.3 is 14.8 Å². The number of hydrogen-bond donors (Lipinski definition) is 1. The molecule has 20 heavy (non-hydrogen) atoms. The molecule has 1 N–H and O–H groups in total. The maximum atomic E-state index is 11.7. The lowest BCUT2D eigenvalue weighted by Gasteiger charge is -2.28. The van der Waals surface area contributed by atoms with Crippen LogP contribution in [0.25, 0.3) is 0 Å². The van der Waals surface area contributed by atoms with E-state index in [-0.39, 0.29) is 17.8 Å². The third-order valence-electron chi connectivity index (χ3n) is 3.80. The van der Waals surface area contributed by atoms with Crippen LogP contribution in [0.15, 0.2) is 30.3 Å². The van der Waals surface area contributed by atoms with Gasteiger partial charge >= 0.3 is 5.97 Å². The van der Waals surface area contributed by atoms with Crippen molar-refractivity contribution in [2.24, 2.45) is 11.8 Å². The largest absolute Gasteiger partial charge is 0.461 e. The Kier molecular flexibility index (Phi) is 5.74. The minimum absolute atomic E-state index is 0.0816. The summed E-state index contributed by atoms with van der Waals surface area (Å²) >= 11 is 0. The van der Waals surface area contributed by atoms with Crippen LogP contribution in [0, 0.1) is 11.8 Å². The number of esters is 1. The molecule has 4 heteroatoms. The summed E-state index contributed by atoms with van der Waals surface area (Å²) in [5.74, 6) is 0.146. The number of piperidine rings is 1. The van der Waals surface area contributed by atoms with Crippen LogP contribution in [0.2, 0.25) is 0 Å². The van der Waals surface area contributed by atoms with Gasteiger partial charge in [0.1, 0.15) is 12.9 Å². The molecule has 2 atom stereocenters. The number of carbonyl (C=O) groups is 2. The third-order valence-corrected chi connectivity index (χ3v) is 3.80. The predicted molar refractivity (Wildman–Crippen MR) is 76.0 cm³/mol. The molecule has 0 aliphatic carbocycles. The second-order valence-electron chi connectivity index (χ2n) is 5.24. The Morgan fingerprint density at radius 2 is 2.15 bits per heavy atom. The van der Waals surface area contributed by atoms with Crippen LogP contribution in [0.1, 0.15) is 24.8 Å². The molecule has 0 spiro atoms. The number of hydrogen-bond acceptors (Lipinski definition) is 4. The number of benzene rings is 1. The number of ether oxygens (including phenoxy) is 1. The number of rotatable bonds is 6. The summed E-state index contributed by atoms with van der Waals surface area (Å²) in [6.45, 7) is 2.02. The number of nitrogens with one attached hydrogen (secondary N) is 1.